The molecule has 92 valence electrons. The summed E-state index contributed by atoms with van der Waals surface area (Å²) < 4.78 is 0. The number of aliphatic hydroxyl groups is 1. The summed E-state index contributed by atoms with van der Waals surface area (Å²) in [5.74, 6) is -0.714. The van der Waals surface area contributed by atoms with Crippen molar-refractivity contribution >= 4 is 5.97 Å². The summed E-state index contributed by atoms with van der Waals surface area (Å²) in [5.41, 5.74) is 1.45. The molecular weight excluding hydrogens is 216 g/mol. The van der Waals surface area contributed by atoms with E-state index in [1.54, 1.807) is 6.92 Å². The normalized spacial score (nSPS) is 18.7. The molecule has 0 spiro atoms. The molecule has 0 aromatic heterocycles. The summed E-state index contributed by atoms with van der Waals surface area (Å²) in [5, 5.41) is 18.4. The Labute approximate surface area is 101 Å². The van der Waals surface area contributed by atoms with Crippen LogP contribution in [0.5, 0.6) is 0 Å². The van der Waals surface area contributed by atoms with E-state index in [-0.39, 0.29) is 6.10 Å². The zero-order valence-electron chi connectivity index (χ0n) is 10.0. The van der Waals surface area contributed by atoms with Gasteiger partial charge >= 0.3 is 5.97 Å². The molecule has 0 bridgehead atoms. The van der Waals surface area contributed by atoms with Gasteiger partial charge in [0, 0.05) is 0 Å². The number of benzene rings is 1. The molecular formula is C14H18O3. The topological polar surface area (TPSA) is 57.5 Å². The second kappa shape index (κ2) is 4.49. The maximum atomic E-state index is 11.2. The highest BCUT2D eigenvalue weighted by molar-refractivity contribution is 5.84. The van der Waals surface area contributed by atoms with Crippen molar-refractivity contribution in [2.24, 2.45) is 0 Å². The molecule has 1 aromatic rings. The lowest BCUT2D eigenvalue weighted by Crippen LogP contribution is -2.19. The monoisotopic (exact) mass is 234 g/mol. The van der Waals surface area contributed by atoms with Crippen molar-refractivity contribution in [2.45, 2.75) is 44.1 Å². The highest BCUT2D eigenvalue weighted by atomic mass is 16.4. The molecule has 17 heavy (non-hydrogen) atoms. The molecule has 2 N–H and O–H groups in total. The number of carboxylic acid groups (broad SMARTS) is 1. The van der Waals surface area contributed by atoms with E-state index in [1.807, 2.05) is 24.3 Å². The minimum Gasteiger partial charge on any atom is -0.481 e. The summed E-state index contributed by atoms with van der Waals surface area (Å²) in [6, 6.07) is 7.78. The molecule has 1 atom stereocenters. The van der Waals surface area contributed by atoms with Crippen LogP contribution in [0.15, 0.2) is 24.3 Å². The molecule has 1 aliphatic rings. The first-order valence-corrected chi connectivity index (χ1v) is 6.05. The fraction of sp³-hybridized carbons (Fsp3) is 0.500. The Morgan fingerprint density at radius 3 is 2.35 bits per heavy atom. The second-order valence-electron chi connectivity index (χ2n) is 4.97. The highest BCUT2D eigenvalue weighted by Crippen LogP contribution is 2.48. The van der Waals surface area contributed by atoms with E-state index in [0.717, 1.165) is 36.8 Å². The Hall–Kier alpha value is -1.35. The van der Waals surface area contributed by atoms with Crippen molar-refractivity contribution < 1.29 is 15.0 Å². The summed E-state index contributed by atoms with van der Waals surface area (Å²) in [6.45, 7) is 1.78. The van der Waals surface area contributed by atoms with Crippen LogP contribution < -0.4 is 0 Å². The Morgan fingerprint density at radius 1 is 1.35 bits per heavy atom. The van der Waals surface area contributed by atoms with E-state index >= 15 is 0 Å². The SMILES string of the molecule is CC(O)CCc1ccc(C2(C(=O)O)CC2)cc1. The van der Waals surface area contributed by atoms with Crippen LogP contribution in [-0.2, 0) is 16.6 Å². The lowest BCUT2D eigenvalue weighted by molar-refractivity contribution is -0.140. The number of aryl methyl sites for hydroxylation is 1. The number of aliphatic carboxylic acids is 1. The zero-order chi connectivity index (χ0) is 12.5. The minimum absolute atomic E-state index is 0.288. The number of hydrogen-bond donors (Lipinski definition) is 2. The van der Waals surface area contributed by atoms with E-state index < -0.39 is 11.4 Å². The molecule has 0 aliphatic heterocycles. The largest absolute Gasteiger partial charge is 0.481 e. The van der Waals surface area contributed by atoms with Gasteiger partial charge in [0.25, 0.3) is 0 Å². The Bertz CT molecular complexity index is 402. The van der Waals surface area contributed by atoms with E-state index in [1.165, 1.54) is 0 Å². The van der Waals surface area contributed by atoms with E-state index in [2.05, 4.69) is 0 Å². The van der Waals surface area contributed by atoms with Crippen LogP contribution in [0.2, 0.25) is 0 Å². The lowest BCUT2D eigenvalue weighted by Gasteiger charge is -2.11. The fourth-order valence-electron chi connectivity index (χ4n) is 2.12. The van der Waals surface area contributed by atoms with Crippen molar-refractivity contribution in [3.05, 3.63) is 35.4 Å². The quantitative estimate of drug-likeness (QED) is 0.820. The van der Waals surface area contributed by atoms with Gasteiger partial charge in [0.2, 0.25) is 0 Å². The third-order valence-corrected chi connectivity index (χ3v) is 3.52. The lowest BCUT2D eigenvalue weighted by atomic mass is 9.94. The average Bonchev–Trinajstić information content (AvgIpc) is 3.08. The maximum absolute atomic E-state index is 11.2. The first-order valence-electron chi connectivity index (χ1n) is 6.05. The highest BCUT2D eigenvalue weighted by Gasteiger charge is 2.51. The van der Waals surface area contributed by atoms with Gasteiger partial charge in [0.05, 0.1) is 11.5 Å². The van der Waals surface area contributed by atoms with Gasteiger partial charge in [-0.3, -0.25) is 4.79 Å². The molecule has 1 saturated carbocycles. The third-order valence-electron chi connectivity index (χ3n) is 3.52. The molecule has 1 aromatic carbocycles. The number of rotatable bonds is 5. The smallest absolute Gasteiger partial charge is 0.314 e. The predicted molar refractivity (Wildman–Crippen MR) is 65.0 cm³/mol. The molecule has 1 fully saturated rings. The van der Waals surface area contributed by atoms with Gasteiger partial charge < -0.3 is 10.2 Å². The van der Waals surface area contributed by atoms with Crippen LogP contribution in [0.4, 0.5) is 0 Å². The Balaban J connectivity index is 2.06. The molecule has 3 heteroatoms. The van der Waals surface area contributed by atoms with Crippen molar-refractivity contribution in [2.75, 3.05) is 0 Å². The van der Waals surface area contributed by atoms with Crippen molar-refractivity contribution in [1.82, 2.24) is 0 Å². The minimum atomic E-state index is -0.714. The van der Waals surface area contributed by atoms with E-state index in [0.29, 0.717) is 0 Å². The Morgan fingerprint density at radius 2 is 1.94 bits per heavy atom. The van der Waals surface area contributed by atoms with Gasteiger partial charge in [-0.2, -0.15) is 0 Å². The molecule has 0 radical (unpaired) electrons. The number of aliphatic hydroxyl groups excluding tert-OH is 1. The fourth-order valence-corrected chi connectivity index (χ4v) is 2.12. The van der Waals surface area contributed by atoms with E-state index in [4.69, 9.17) is 5.11 Å². The number of hydrogen-bond acceptors (Lipinski definition) is 2. The number of carbonyl (C=O) groups is 1. The summed E-state index contributed by atoms with van der Waals surface area (Å²) in [4.78, 5) is 11.2. The zero-order valence-corrected chi connectivity index (χ0v) is 10.0. The van der Waals surface area contributed by atoms with Gasteiger partial charge in [0.1, 0.15) is 0 Å². The van der Waals surface area contributed by atoms with Crippen molar-refractivity contribution in [3.63, 3.8) is 0 Å². The van der Waals surface area contributed by atoms with Crippen molar-refractivity contribution in [3.8, 4) is 0 Å². The summed E-state index contributed by atoms with van der Waals surface area (Å²) in [7, 11) is 0. The van der Waals surface area contributed by atoms with E-state index in [9.17, 15) is 9.90 Å². The maximum Gasteiger partial charge on any atom is 0.314 e. The van der Waals surface area contributed by atoms with Gasteiger partial charge in [-0.15, -0.1) is 0 Å². The molecule has 0 amide bonds. The molecule has 0 saturated heterocycles. The van der Waals surface area contributed by atoms with Crippen LogP contribution >= 0.6 is 0 Å². The standard InChI is InChI=1S/C14H18O3/c1-10(15)2-3-11-4-6-12(7-5-11)14(8-9-14)13(16)17/h4-7,10,15H,2-3,8-9H2,1H3,(H,16,17). The van der Waals surface area contributed by atoms with Crippen LogP contribution in [0.25, 0.3) is 0 Å². The molecule has 1 aliphatic carbocycles. The molecule has 3 nitrogen and oxygen atoms in total. The average molecular weight is 234 g/mol. The predicted octanol–water partition coefficient (Wildman–Crippen LogP) is 2.12. The molecule has 0 heterocycles. The first-order chi connectivity index (χ1) is 8.04. The summed E-state index contributed by atoms with van der Waals surface area (Å²) >= 11 is 0. The summed E-state index contributed by atoms with van der Waals surface area (Å²) in [6.07, 6.45) is 2.77. The van der Waals surface area contributed by atoms with Gasteiger partial charge in [0.15, 0.2) is 0 Å². The van der Waals surface area contributed by atoms with Crippen LogP contribution in [0, 0.1) is 0 Å². The third kappa shape index (κ3) is 2.50. The molecule has 1 unspecified atom stereocenters. The first kappa shape index (κ1) is 12.1. The van der Waals surface area contributed by atoms with Crippen LogP contribution in [-0.4, -0.2) is 22.3 Å². The molecule has 2 rings (SSSR count). The van der Waals surface area contributed by atoms with Crippen molar-refractivity contribution in [1.29, 1.82) is 0 Å². The Kier molecular flexibility index (Phi) is 3.20. The van der Waals surface area contributed by atoms with Gasteiger partial charge in [-0.1, -0.05) is 24.3 Å². The van der Waals surface area contributed by atoms with Crippen LogP contribution in [0.1, 0.15) is 37.3 Å². The second-order valence-corrected chi connectivity index (χ2v) is 4.97. The van der Waals surface area contributed by atoms with Gasteiger partial charge in [-0.05, 0) is 43.7 Å². The van der Waals surface area contributed by atoms with Gasteiger partial charge in [-0.25, -0.2) is 0 Å². The number of carboxylic acids is 1. The van der Waals surface area contributed by atoms with Crippen LogP contribution in [0.3, 0.4) is 0 Å².